The SMILES string of the molecule is CC(C)Cc1nsc(NC(C)c2nnc3n2CCCC3)n1. The molecule has 1 atom stereocenters. The number of fused-ring (bicyclic) bond motifs is 1. The summed E-state index contributed by atoms with van der Waals surface area (Å²) in [5.74, 6) is 3.62. The van der Waals surface area contributed by atoms with Crippen LogP contribution < -0.4 is 5.32 Å². The zero-order valence-electron chi connectivity index (χ0n) is 12.8. The molecule has 114 valence electrons. The monoisotopic (exact) mass is 306 g/mol. The first-order chi connectivity index (χ1) is 10.1. The van der Waals surface area contributed by atoms with Crippen molar-refractivity contribution in [2.45, 2.75) is 59.0 Å². The number of hydrogen-bond donors (Lipinski definition) is 1. The van der Waals surface area contributed by atoms with Crippen LogP contribution in [0.1, 0.15) is 57.1 Å². The Balaban J connectivity index is 1.70. The summed E-state index contributed by atoms with van der Waals surface area (Å²) in [5, 5.41) is 12.9. The average Bonchev–Trinajstić information content (AvgIpc) is 3.04. The van der Waals surface area contributed by atoms with Crippen molar-refractivity contribution in [2.24, 2.45) is 5.92 Å². The Hall–Kier alpha value is -1.50. The average molecular weight is 306 g/mol. The third kappa shape index (κ3) is 3.23. The van der Waals surface area contributed by atoms with Crippen LogP contribution in [0.25, 0.3) is 0 Å². The molecule has 2 aromatic heterocycles. The quantitative estimate of drug-likeness (QED) is 0.920. The zero-order valence-corrected chi connectivity index (χ0v) is 13.7. The number of nitrogens with one attached hydrogen (secondary N) is 1. The summed E-state index contributed by atoms with van der Waals surface area (Å²) in [6.45, 7) is 7.49. The van der Waals surface area contributed by atoms with Gasteiger partial charge in [-0.1, -0.05) is 13.8 Å². The number of aryl methyl sites for hydroxylation is 1. The highest BCUT2D eigenvalue weighted by Gasteiger charge is 2.20. The van der Waals surface area contributed by atoms with Crippen molar-refractivity contribution in [2.75, 3.05) is 5.32 Å². The largest absolute Gasteiger partial charge is 0.351 e. The topological polar surface area (TPSA) is 68.5 Å². The Bertz CT molecular complexity index is 602. The van der Waals surface area contributed by atoms with E-state index in [4.69, 9.17) is 0 Å². The standard InChI is InChI=1S/C14H22N6S/c1-9(2)8-11-16-14(21-19-11)15-10(3)13-18-17-12-6-4-5-7-20(12)13/h9-10H,4-8H2,1-3H3,(H,15,16,19). The predicted molar refractivity (Wildman–Crippen MR) is 83.4 cm³/mol. The molecule has 0 saturated carbocycles. The molecule has 0 spiro atoms. The summed E-state index contributed by atoms with van der Waals surface area (Å²) in [5.41, 5.74) is 0. The lowest BCUT2D eigenvalue weighted by Gasteiger charge is -2.18. The lowest BCUT2D eigenvalue weighted by atomic mass is 10.1. The van der Waals surface area contributed by atoms with Crippen LogP contribution in [0.15, 0.2) is 0 Å². The molecule has 0 aromatic carbocycles. The molecule has 6 nitrogen and oxygen atoms in total. The van der Waals surface area contributed by atoms with Crippen molar-refractivity contribution >= 4 is 16.7 Å². The van der Waals surface area contributed by atoms with Crippen molar-refractivity contribution in [3.63, 3.8) is 0 Å². The van der Waals surface area contributed by atoms with Gasteiger partial charge in [0.05, 0.1) is 6.04 Å². The minimum absolute atomic E-state index is 0.101. The molecule has 3 heterocycles. The van der Waals surface area contributed by atoms with Crippen LogP contribution >= 0.6 is 11.5 Å². The van der Waals surface area contributed by atoms with Gasteiger partial charge in [-0.05, 0) is 25.7 Å². The van der Waals surface area contributed by atoms with E-state index in [0.717, 1.165) is 42.0 Å². The zero-order chi connectivity index (χ0) is 14.8. The number of hydrogen-bond acceptors (Lipinski definition) is 6. The number of nitrogens with zero attached hydrogens (tertiary/aromatic N) is 5. The molecule has 0 fully saturated rings. The molecule has 0 radical (unpaired) electrons. The Morgan fingerprint density at radius 1 is 1.24 bits per heavy atom. The van der Waals surface area contributed by atoms with E-state index in [1.807, 2.05) is 0 Å². The van der Waals surface area contributed by atoms with E-state index in [1.54, 1.807) is 0 Å². The van der Waals surface area contributed by atoms with Crippen molar-refractivity contribution in [1.82, 2.24) is 24.1 Å². The van der Waals surface area contributed by atoms with Crippen molar-refractivity contribution in [3.05, 3.63) is 17.5 Å². The van der Waals surface area contributed by atoms with Gasteiger partial charge in [0.25, 0.3) is 0 Å². The molecule has 21 heavy (non-hydrogen) atoms. The van der Waals surface area contributed by atoms with Crippen LogP contribution in [-0.2, 0) is 19.4 Å². The Morgan fingerprint density at radius 3 is 2.90 bits per heavy atom. The summed E-state index contributed by atoms with van der Waals surface area (Å²) in [7, 11) is 0. The van der Waals surface area contributed by atoms with Gasteiger partial charge in [0, 0.05) is 30.9 Å². The number of anilines is 1. The van der Waals surface area contributed by atoms with Gasteiger partial charge >= 0.3 is 0 Å². The Labute approximate surface area is 129 Å². The van der Waals surface area contributed by atoms with Gasteiger partial charge in [0.1, 0.15) is 11.6 Å². The molecular formula is C14H22N6S. The molecule has 1 aliphatic heterocycles. The van der Waals surface area contributed by atoms with Gasteiger partial charge in [-0.25, -0.2) is 4.98 Å². The van der Waals surface area contributed by atoms with E-state index in [1.165, 1.54) is 24.4 Å². The smallest absolute Gasteiger partial charge is 0.203 e. The first-order valence-electron chi connectivity index (χ1n) is 7.64. The fraction of sp³-hybridized carbons (Fsp3) is 0.714. The Kier molecular flexibility index (Phi) is 4.19. The summed E-state index contributed by atoms with van der Waals surface area (Å²) in [6, 6.07) is 0.101. The van der Waals surface area contributed by atoms with Crippen LogP contribution in [0, 0.1) is 5.92 Å². The molecule has 0 saturated heterocycles. The lowest BCUT2D eigenvalue weighted by Crippen LogP contribution is -2.18. The summed E-state index contributed by atoms with van der Waals surface area (Å²) in [6.07, 6.45) is 4.39. The Morgan fingerprint density at radius 2 is 2.10 bits per heavy atom. The van der Waals surface area contributed by atoms with E-state index < -0.39 is 0 Å². The molecule has 0 aliphatic carbocycles. The maximum Gasteiger partial charge on any atom is 0.203 e. The highest BCUT2D eigenvalue weighted by atomic mass is 32.1. The summed E-state index contributed by atoms with van der Waals surface area (Å²) >= 11 is 1.42. The van der Waals surface area contributed by atoms with E-state index >= 15 is 0 Å². The molecule has 1 aliphatic rings. The maximum atomic E-state index is 4.55. The van der Waals surface area contributed by atoms with Crippen LogP contribution in [0.3, 0.4) is 0 Å². The first kappa shape index (κ1) is 14.4. The highest BCUT2D eigenvalue weighted by Crippen LogP contribution is 2.23. The normalized spacial score (nSPS) is 16.0. The minimum Gasteiger partial charge on any atom is -0.351 e. The molecule has 2 aromatic rings. The lowest BCUT2D eigenvalue weighted by molar-refractivity contribution is 0.500. The second-order valence-electron chi connectivity index (χ2n) is 6.06. The fourth-order valence-electron chi connectivity index (χ4n) is 2.66. The minimum atomic E-state index is 0.101. The third-order valence-corrected chi connectivity index (χ3v) is 4.36. The third-order valence-electron chi connectivity index (χ3n) is 3.67. The van der Waals surface area contributed by atoms with Gasteiger partial charge in [-0.2, -0.15) is 4.37 Å². The van der Waals surface area contributed by atoms with Crippen molar-refractivity contribution in [3.8, 4) is 0 Å². The van der Waals surface area contributed by atoms with E-state index in [-0.39, 0.29) is 6.04 Å². The molecule has 0 amide bonds. The van der Waals surface area contributed by atoms with Crippen molar-refractivity contribution in [1.29, 1.82) is 0 Å². The maximum absolute atomic E-state index is 4.55. The van der Waals surface area contributed by atoms with Crippen LogP contribution in [0.2, 0.25) is 0 Å². The van der Waals surface area contributed by atoms with E-state index in [0.29, 0.717) is 5.92 Å². The first-order valence-corrected chi connectivity index (χ1v) is 8.42. The molecule has 0 bridgehead atoms. The van der Waals surface area contributed by atoms with Gasteiger partial charge in [-0.3, -0.25) is 0 Å². The predicted octanol–water partition coefficient (Wildman–Crippen LogP) is 2.84. The molecule has 3 rings (SSSR count). The van der Waals surface area contributed by atoms with E-state index in [2.05, 4.69) is 50.2 Å². The van der Waals surface area contributed by atoms with Gasteiger partial charge in [0.15, 0.2) is 5.82 Å². The van der Waals surface area contributed by atoms with Gasteiger partial charge in [0.2, 0.25) is 5.13 Å². The molecular weight excluding hydrogens is 284 g/mol. The number of aromatic nitrogens is 5. The second-order valence-corrected chi connectivity index (χ2v) is 6.81. The highest BCUT2D eigenvalue weighted by molar-refractivity contribution is 7.09. The van der Waals surface area contributed by atoms with Crippen LogP contribution in [-0.4, -0.2) is 24.1 Å². The van der Waals surface area contributed by atoms with Crippen LogP contribution in [0.4, 0.5) is 5.13 Å². The molecule has 7 heteroatoms. The fourth-order valence-corrected chi connectivity index (χ4v) is 3.34. The van der Waals surface area contributed by atoms with E-state index in [9.17, 15) is 0 Å². The second kappa shape index (κ2) is 6.09. The van der Waals surface area contributed by atoms with Crippen molar-refractivity contribution < 1.29 is 0 Å². The molecule has 1 N–H and O–H groups in total. The summed E-state index contributed by atoms with van der Waals surface area (Å²) in [4.78, 5) is 4.55. The van der Waals surface area contributed by atoms with Gasteiger partial charge in [-0.15, -0.1) is 10.2 Å². The molecule has 1 unspecified atom stereocenters. The summed E-state index contributed by atoms with van der Waals surface area (Å²) < 4.78 is 6.65. The number of rotatable bonds is 5. The van der Waals surface area contributed by atoms with Crippen LogP contribution in [0.5, 0.6) is 0 Å². The van der Waals surface area contributed by atoms with Gasteiger partial charge < -0.3 is 9.88 Å².